The SMILES string of the molecule is Cc1nn(C)c2[nH]c(=O)c(CCC(=O)Nc3ncccc3O)c(C)c12. The summed E-state index contributed by atoms with van der Waals surface area (Å²) in [6.07, 6.45) is 1.86. The molecule has 25 heavy (non-hydrogen) atoms. The maximum Gasteiger partial charge on any atom is 0.253 e. The monoisotopic (exact) mass is 341 g/mol. The van der Waals surface area contributed by atoms with Gasteiger partial charge in [0, 0.05) is 30.6 Å². The number of aromatic amines is 1. The molecule has 3 aromatic heterocycles. The van der Waals surface area contributed by atoms with Gasteiger partial charge in [0.25, 0.3) is 5.56 Å². The summed E-state index contributed by atoms with van der Waals surface area (Å²) < 4.78 is 1.64. The number of carbonyl (C=O) groups excluding carboxylic acids is 1. The molecular weight excluding hydrogens is 322 g/mol. The Hall–Kier alpha value is -3.16. The van der Waals surface area contributed by atoms with E-state index in [0.717, 1.165) is 16.6 Å². The van der Waals surface area contributed by atoms with Crippen LogP contribution in [0.1, 0.15) is 23.2 Å². The largest absolute Gasteiger partial charge is 0.504 e. The lowest BCUT2D eigenvalue weighted by Gasteiger charge is -2.08. The van der Waals surface area contributed by atoms with Crippen molar-refractivity contribution in [1.82, 2.24) is 19.7 Å². The molecule has 8 nitrogen and oxygen atoms in total. The molecule has 1 amide bonds. The quantitative estimate of drug-likeness (QED) is 0.666. The predicted octanol–water partition coefficient (Wildman–Crippen LogP) is 1.55. The van der Waals surface area contributed by atoms with Crippen LogP contribution in [0.5, 0.6) is 5.75 Å². The zero-order chi connectivity index (χ0) is 18.1. The molecule has 0 aliphatic rings. The Balaban J connectivity index is 1.82. The third-order valence-corrected chi connectivity index (χ3v) is 4.20. The summed E-state index contributed by atoms with van der Waals surface area (Å²) in [6.45, 7) is 3.75. The normalized spacial score (nSPS) is 11.0. The highest BCUT2D eigenvalue weighted by Gasteiger charge is 2.16. The highest BCUT2D eigenvalue weighted by molar-refractivity contribution is 5.91. The van der Waals surface area contributed by atoms with E-state index in [9.17, 15) is 14.7 Å². The number of aryl methyl sites for hydroxylation is 3. The van der Waals surface area contributed by atoms with E-state index in [1.54, 1.807) is 17.8 Å². The summed E-state index contributed by atoms with van der Waals surface area (Å²) in [6, 6.07) is 3.01. The van der Waals surface area contributed by atoms with Gasteiger partial charge in [0.05, 0.1) is 5.69 Å². The number of carbonyl (C=O) groups is 1. The van der Waals surface area contributed by atoms with Gasteiger partial charge < -0.3 is 15.4 Å². The molecule has 3 heterocycles. The first-order valence-corrected chi connectivity index (χ1v) is 7.87. The highest BCUT2D eigenvalue weighted by atomic mass is 16.3. The number of H-pyrrole nitrogens is 1. The van der Waals surface area contributed by atoms with E-state index in [1.807, 2.05) is 13.8 Å². The minimum atomic E-state index is -0.323. The maximum absolute atomic E-state index is 12.4. The molecule has 0 aromatic carbocycles. The summed E-state index contributed by atoms with van der Waals surface area (Å²) in [4.78, 5) is 31.2. The molecule has 130 valence electrons. The van der Waals surface area contributed by atoms with Crippen molar-refractivity contribution in [3.8, 4) is 5.75 Å². The van der Waals surface area contributed by atoms with E-state index in [1.165, 1.54) is 12.3 Å². The minimum absolute atomic E-state index is 0.0997. The van der Waals surface area contributed by atoms with Crippen molar-refractivity contribution in [2.75, 3.05) is 5.32 Å². The van der Waals surface area contributed by atoms with E-state index in [0.29, 0.717) is 11.2 Å². The average Bonchev–Trinajstić information content (AvgIpc) is 2.83. The van der Waals surface area contributed by atoms with Crippen LogP contribution in [-0.2, 0) is 18.3 Å². The lowest BCUT2D eigenvalue weighted by atomic mass is 10.0. The molecule has 0 aliphatic carbocycles. The number of aromatic hydroxyl groups is 1. The van der Waals surface area contributed by atoms with Crippen molar-refractivity contribution in [3.05, 3.63) is 45.5 Å². The molecule has 0 saturated carbocycles. The second-order valence-corrected chi connectivity index (χ2v) is 5.91. The zero-order valence-corrected chi connectivity index (χ0v) is 14.3. The fourth-order valence-corrected chi connectivity index (χ4v) is 2.98. The third-order valence-electron chi connectivity index (χ3n) is 4.20. The van der Waals surface area contributed by atoms with Gasteiger partial charge in [0.1, 0.15) is 5.65 Å². The molecule has 0 spiro atoms. The van der Waals surface area contributed by atoms with Gasteiger partial charge in [-0.3, -0.25) is 14.3 Å². The Labute approximate surface area is 143 Å². The summed E-state index contributed by atoms with van der Waals surface area (Å²) in [5.74, 6) is -0.315. The first kappa shape index (κ1) is 16.7. The van der Waals surface area contributed by atoms with Crippen molar-refractivity contribution in [3.63, 3.8) is 0 Å². The topological polar surface area (TPSA) is 113 Å². The number of nitrogens with zero attached hydrogens (tertiary/aromatic N) is 3. The Morgan fingerprint density at radius 2 is 2.16 bits per heavy atom. The van der Waals surface area contributed by atoms with Crippen molar-refractivity contribution in [2.24, 2.45) is 7.05 Å². The maximum atomic E-state index is 12.4. The van der Waals surface area contributed by atoms with Crippen LogP contribution in [0.25, 0.3) is 11.0 Å². The smallest absolute Gasteiger partial charge is 0.253 e. The van der Waals surface area contributed by atoms with Crippen LogP contribution in [0.15, 0.2) is 23.1 Å². The first-order chi connectivity index (χ1) is 11.9. The van der Waals surface area contributed by atoms with Gasteiger partial charge in [-0.15, -0.1) is 0 Å². The molecule has 3 rings (SSSR count). The molecule has 0 radical (unpaired) electrons. The van der Waals surface area contributed by atoms with Crippen molar-refractivity contribution >= 4 is 22.8 Å². The Kier molecular flexibility index (Phi) is 4.26. The second kappa shape index (κ2) is 6.39. The van der Waals surface area contributed by atoms with Crippen LogP contribution >= 0.6 is 0 Å². The van der Waals surface area contributed by atoms with Crippen LogP contribution in [0, 0.1) is 13.8 Å². The summed E-state index contributed by atoms with van der Waals surface area (Å²) >= 11 is 0. The first-order valence-electron chi connectivity index (χ1n) is 7.87. The lowest BCUT2D eigenvalue weighted by Crippen LogP contribution is -2.19. The standard InChI is InChI=1S/C17H19N5O3/c1-9-11(17(25)20-16-14(9)10(2)21-22(16)3)6-7-13(24)19-15-12(23)5-4-8-18-15/h4-5,8,23H,6-7H2,1-3H3,(H,20,25)(H,18,19,24). The van der Waals surface area contributed by atoms with Crippen molar-refractivity contribution in [1.29, 1.82) is 0 Å². The fourth-order valence-electron chi connectivity index (χ4n) is 2.98. The van der Waals surface area contributed by atoms with E-state index < -0.39 is 0 Å². The number of fused-ring (bicyclic) bond motifs is 1. The minimum Gasteiger partial charge on any atom is -0.504 e. The van der Waals surface area contributed by atoms with Crippen LogP contribution in [0.4, 0.5) is 5.82 Å². The Morgan fingerprint density at radius 1 is 1.40 bits per heavy atom. The lowest BCUT2D eigenvalue weighted by molar-refractivity contribution is -0.116. The number of amides is 1. The van der Waals surface area contributed by atoms with Gasteiger partial charge in [-0.25, -0.2) is 4.98 Å². The Bertz CT molecular complexity index is 1020. The number of rotatable bonds is 4. The molecule has 0 bridgehead atoms. The van der Waals surface area contributed by atoms with Gasteiger partial charge in [-0.1, -0.05) is 0 Å². The number of aromatic nitrogens is 4. The summed E-state index contributed by atoms with van der Waals surface area (Å²) in [5, 5.41) is 17.4. The van der Waals surface area contributed by atoms with Gasteiger partial charge in [0.15, 0.2) is 11.6 Å². The molecule has 0 saturated heterocycles. The molecule has 3 aromatic rings. The number of nitrogens with one attached hydrogen (secondary N) is 2. The van der Waals surface area contributed by atoms with E-state index in [2.05, 4.69) is 20.4 Å². The number of pyridine rings is 2. The number of anilines is 1. The number of hydrogen-bond acceptors (Lipinski definition) is 5. The zero-order valence-electron chi connectivity index (χ0n) is 14.3. The molecule has 0 unspecified atom stereocenters. The highest BCUT2D eigenvalue weighted by Crippen LogP contribution is 2.22. The van der Waals surface area contributed by atoms with Gasteiger partial charge in [0.2, 0.25) is 5.91 Å². The molecule has 0 aliphatic heterocycles. The number of hydrogen-bond donors (Lipinski definition) is 3. The summed E-state index contributed by atoms with van der Waals surface area (Å²) in [5.41, 5.74) is 2.67. The van der Waals surface area contributed by atoms with Gasteiger partial charge in [-0.05, 0) is 38.0 Å². The summed E-state index contributed by atoms with van der Waals surface area (Å²) in [7, 11) is 1.77. The Morgan fingerprint density at radius 3 is 2.88 bits per heavy atom. The second-order valence-electron chi connectivity index (χ2n) is 5.91. The van der Waals surface area contributed by atoms with Gasteiger partial charge in [-0.2, -0.15) is 5.10 Å². The van der Waals surface area contributed by atoms with Crippen molar-refractivity contribution in [2.45, 2.75) is 26.7 Å². The molecule has 3 N–H and O–H groups in total. The fraction of sp³-hybridized carbons (Fsp3) is 0.294. The molecule has 0 atom stereocenters. The van der Waals surface area contributed by atoms with E-state index >= 15 is 0 Å². The van der Waals surface area contributed by atoms with Crippen LogP contribution < -0.4 is 10.9 Å². The third kappa shape index (κ3) is 3.10. The molecular formula is C17H19N5O3. The average molecular weight is 341 g/mol. The van der Waals surface area contributed by atoms with E-state index in [-0.39, 0.29) is 35.9 Å². The van der Waals surface area contributed by atoms with Crippen LogP contribution in [0.2, 0.25) is 0 Å². The molecule has 0 fully saturated rings. The van der Waals surface area contributed by atoms with Gasteiger partial charge >= 0.3 is 0 Å². The van der Waals surface area contributed by atoms with Crippen LogP contribution in [0.3, 0.4) is 0 Å². The van der Waals surface area contributed by atoms with Crippen molar-refractivity contribution < 1.29 is 9.90 Å². The predicted molar refractivity (Wildman–Crippen MR) is 93.7 cm³/mol. The molecule has 8 heteroatoms. The van der Waals surface area contributed by atoms with Crippen LogP contribution in [-0.4, -0.2) is 30.8 Å². The van der Waals surface area contributed by atoms with E-state index in [4.69, 9.17) is 0 Å².